The van der Waals surface area contributed by atoms with Crippen molar-refractivity contribution in [2.75, 3.05) is 19.2 Å². The van der Waals surface area contributed by atoms with Crippen molar-refractivity contribution >= 4 is 27.9 Å². The van der Waals surface area contributed by atoms with Crippen LogP contribution in [0.15, 0.2) is 35.0 Å². The number of fused-ring (bicyclic) bond motifs is 3. The zero-order chi connectivity index (χ0) is 11.8. The molecule has 0 aliphatic heterocycles. The first-order valence-corrected chi connectivity index (χ1v) is 5.21. The van der Waals surface area contributed by atoms with Crippen molar-refractivity contribution in [1.82, 2.24) is 9.97 Å². The van der Waals surface area contributed by atoms with Gasteiger partial charge in [0, 0.05) is 12.4 Å². The maximum Gasteiger partial charge on any atom is 0.199 e. The number of aromatic nitrogens is 2. The highest BCUT2D eigenvalue weighted by Crippen LogP contribution is 2.31. The molecule has 86 valence electrons. The van der Waals surface area contributed by atoms with Crippen LogP contribution in [-0.4, -0.2) is 24.1 Å². The van der Waals surface area contributed by atoms with Gasteiger partial charge in [-0.25, -0.2) is 15.0 Å². The summed E-state index contributed by atoms with van der Waals surface area (Å²) in [6.07, 6.45) is 1.51. The predicted molar refractivity (Wildman–Crippen MR) is 64.7 cm³/mol. The van der Waals surface area contributed by atoms with Crippen LogP contribution in [0, 0.1) is 0 Å². The number of nitrogens with zero attached hydrogens (tertiary/aromatic N) is 3. The molecule has 0 N–H and O–H groups in total. The van der Waals surface area contributed by atoms with Crippen molar-refractivity contribution in [3.05, 3.63) is 30.6 Å². The Hall–Kier alpha value is -2.14. The molecule has 0 unspecified atom stereocenters. The van der Waals surface area contributed by atoms with Gasteiger partial charge in [0.25, 0.3) is 0 Å². The molecule has 1 aromatic carbocycles. The summed E-state index contributed by atoms with van der Waals surface area (Å²) in [5.41, 5.74) is 2.24. The van der Waals surface area contributed by atoms with E-state index in [4.69, 9.17) is 9.25 Å². The van der Waals surface area contributed by atoms with Gasteiger partial charge in [0.2, 0.25) is 0 Å². The molecule has 17 heavy (non-hydrogen) atoms. The lowest BCUT2D eigenvalue weighted by Crippen LogP contribution is -2.16. The first kappa shape index (κ1) is 10.0. The van der Waals surface area contributed by atoms with Gasteiger partial charge in [-0.2, -0.15) is 0 Å². The van der Waals surface area contributed by atoms with Gasteiger partial charge in [-0.15, -0.1) is 0 Å². The van der Waals surface area contributed by atoms with Crippen molar-refractivity contribution in [3.8, 4) is 0 Å². The number of hydrogen-bond acceptors (Lipinski definition) is 5. The summed E-state index contributed by atoms with van der Waals surface area (Å²) in [4.78, 5) is 13.6. The van der Waals surface area contributed by atoms with Gasteiger partial charge in [-0.05, 0) is 12.1 Å². The van der Waals surface area contributed by atoms with Crippen molar-refractivity contribution in [2.45, 2.75) is 0 Å². The standard InChI is InChI=1S/C12H11N3O2/c1-15(16-2)12-11-10(13-7-14-12)8-5-3-4-6-9(8)17-11/h3-7H,1-2H3. The first-order valence-electron chi connectivity index (χ1n) is 5.21. The molecule has 0 spiro atoms. The summed E-state index contributed by atoms with van der Waals surface area (Å²) >= 11 is 0. The van der Waals surface area contributed by atoms with Crippen molar-refractivity contribution < 1.29 is 9.25 Å². The number of hydrogen-bond donors (Lipinski definition) is 0. The topological polar surface area (TPSA) is 51.4 Å². The van der Waals surface area contributed by atoms with Gasteiger partial charge in [-0.3, -0.25) is 4.84 Å². The summed E-state index contributed by atoms with van der Waals surface area (Å²) < 4.78 is 5.76. The molecule has 0 aliphatic rings. The Kier molecular flexibility index (Phi) is 2.19. The van der Waals surface area contributed by atoms with Crippen LogP contribution in [0.3, 0.4) is 0 Å². The fourth-order valence-electron chi connectivity index (χ4n) is 1.82. The molecule has 0 amide bonds. The number of benzene rings is 1. The van der Waals surface area contributed by atoms with Gasteiger partial charge < -0.3 is 4.42 Å². The van der Waals surface area contributed by atoms with E-state index in [1.165, 1.54) is 6.33 Å². The molecule has 2 heterocycles. The minimum Gasteiger partial charge on any atom is -0.450 e. The van der Waals surface area contributed by atoms with Crippen LogP contribution >= 0.6 is 0 Å². The smallest absolute Gasteiger partial charge is 0.199 e. The quantitative estimate of drug-likeness (QED) is 0.631. The maximum absolute atomic E-state index is 5.76. The van der Waals surface area contributed by atoms with Crippen LogP contribution in [0.1, 0.15) is 0 Å². The Labute approximate surface area is 97.6 Å². The fraction of sp³-hybridized carbons (Fsp3) is 0.167. The van der Waals surface area contributed by atoms with E-state index in [0.29, 0.717) is 11.4 Å². The second-order valence-corrected chi connectivity index (χ2v) is 3.65. The second kappa shape index (κ2) is 3.71. The SMILES string of the molecule is CON(C)c1ncnc2c1oc1ccccc12. The van der Waals surface area contributed by atoms with Crippen LogP contribution in [0.2, 0.25) is 0 Å². The van der Waals surface area contributed by atoms with Crippen LogP contribution < -0.4 is 5.06 Å². The predicted octanol–water partition coefficient (Wildman–Crippen LogP) is 2.37. The number of anilines is 1. The van der Waals surface area contributed by atoms with E-state index in [-0.39, 0.29) is 0 Å². The molecular weight excluding hydrogens is 218 g/mol. The van der Waals surface area contributed by atoms with E-state index in [1.54, 1.807) is 19.2 Å². The van der Waals surface area contributed by atoms with E-state index >= 15 is 0 Å². The lowest BCUT2D eigenvalue weighted by atomic mass is 10.2. The Morgan fingerprint density at radius 2 is 2.06 bits per heavy atom. The lowest BCUT2D eigenvalue weighted by Gasteiger charge is -2.13. The van der Waals surface area contributed by atoms with E-state index in [9.17, 15) is 0 Å². The number of hydroxylamine groups is 1. The van der Waals surface area contributed by atoms with Crippen LogP contribution in [-0.2, 0) is 4.84 Å². The molecule has 0 saturated carbocycles. The highest BCUT2D eigenvalue weighted by Gasteiger charge is 2.15. The zero-order valence-corrected chi connectivity index (χ0v) is 9.54. The van der Waals surface area contributed by atoms with Gasteiger partial charge in [-0.1, -0.05) is 12.1 Å². The third-order valence-electron chi connectivity index (χ3n) is 2.71. The average Bonchev–Trinajstić information content (AvgIpc) is 2.76. The van der Waals surface area contributed by atoms with Crippen LogP contribution in [0.25, 0.3) is 22.1 Å². The Morgan fingerprint density at radius 3 is 2.88 bits per heavy atom. The molecule has 3 aromatic rings. The summed E-state index contributed by atoms with van der Waals surface area (Å²) in [5, 5.41) is 2.53. The van der Waals surface area contributed by atoms with Gasteiger partial charge in [0.1, 0.15) is 17.4 Å². The highest BCUT2D eigenvalue weighted by molar-refractivity contribution is 6.05. The van der Waals surface area contributed by atoms with Crippen LogP contribution in [0.4, 0.5) is 5.82 Å². The molecule has 0 aliphatic carbocycles. The monoisotopic (exact) mass is 229 g/mol. The number of para-hydroxylation sites is 1. The number of furan rings is 1. The normalized spacial score (nSPS) is 11.2. The minimum atomic E-state index is 0.619. The third-order valence-corrected chi connectivity index (χ3v) is 2.71. The summed E-state index contributed by atoms with van der Waals surface area (Å²) in [6, 6.07) is 7.77. The van der Waals surface area contributed by atoms with Crippen molar-refractivity contribution in [1.29, 1.82) is 0 Å². The van der Waals surface area contributed by atoms with Gasteiger partial charge in [0.15, 0.2) is 11.4 Å². The zero-order valence-electron chi connectivity index (χ0n) is 9.54. The van der Waals surface area contributed by atoms with Crippen molar-refractivity contribution in [3.63, 3.8) is 0 Å². The van der Waals surface area contributed by atoms with Crippen LogP contribution in [0.5, 0.6) is 0 Å². The summed E-state index contributed by atoms with van der Waals surface area (Å²) in [6.45, 7) is 0. The molecule has 0 atom stereocenters. The lowest BCUT2D eigenvalue weighted by molar-refractivity contribution is 0.182. The second-order valence-electron chi connectivity index (χ2n) is 3.65. The van der Waals surface area contributed by atoms with E-state index in [0.717, 1.165) is 16.5 Å². The molecule has 2 aromatic heterocycles. The fourth-order valence-corrected chi connectivity index (χ4v) is 1.82. The largest absolute Gasteiger partial charge is 0.450 e. The molecule has 0 fully saturated rings. The molecule has 5 nitrogen and oxygen atoms in total. The molecule has 0 saturated heterocycles. The van der Waals surface area contributed by atoms with E-state index < -0.39 is 0 Å². The van der Waals surface area contributed by atoms with E-state index in [1.807, 2.05) is 24.3 Å². The highest BCUT2D eigenvalue weighted by atomic mass is 16.7. The maximum atomic E-state index is 5.76. The molecule has 0 bridgehead atoms. The minimum absolute atomic E-state index is 0.619. The Bertz CT molecular complexity index is 678. The summed E-state index contributed by atoms with van der Waals surface area (Å²) in [5.74, 6) is 0.619. The van der Waals surface area contributed by atoms with Gasteiger partial charge >= 0.3 is 0 Å². The molecule has 5 heteroatoms. The molecular formula is C12H11N3O2. The van der Waals surface area contributed by atoms with Crippen molar-refractivity contribution in [2.24, 2.45) is 0 Å². The summed E-state index contributed by atoms with van der Waals surface area (Å²) in [7, 11) is 3.35. The van der Waals surface area contributed by atoms with Gasteiger partial charge in [0.05, 0.1) is 7.11 Å². The number of rotatable bonds is 2. The Balaban J connectivity index is 2.39. The van der Waals surface area contributed by atoms with E-state index in [2.05, 4.69) is 9.97 Å². The molecule has 0 radical (unpaired) electrons. The third kappa shape index (κ3) is 1.43. The first-order chi connectivity index (χ1) is 8.31. The Morgan fingerprint density at radius 1 is 1.24 bits per heavy atom. The average molecular weight is 229 g/mol. The molecule has 3 rings (SSSR count).